The predicted molar refractivity (Wildman–Crippen MR) is 74.3 cm³/mol. The maximum absolute atomic E-state index is 11.9. The van der Waals surface area contributed by atoms with Crippen molar-refractivity contribution < 1.29 is 14.5 Å². The predicted octanol–water partition coefficient (Wildman–Crippen LogP) is 2.17. The lowest BCUT2D eigenvalue weighted by molar-refractivity contribution is -0.389. The number of carbonyl (C=O) groups is 1. The van der Waals surface area contributed by atoms with Crippen molar-refractivity contribution in [1.82, 2.24) is 9.78 Å². The van der Waals surface area contributed by atoms with Crippen molar-refractivity contribution in [3.05, 3.63) is 58.3 Å². The van der Waals surface area contributed by atoms with Gasteiger partial charge in [0.1, 0.15) is 6.61 Å². The minimum Gasteiger partial charge on any atom is -0.461 e. The van der Waals surface area contributed by atoms with Gasteiger partial charge in [0.25, 0.3) is 0 Å². The van der Waals surface area contributed by atoms with Crippen LogP contribution in [-0.4, -0.2) is 20.7 Å². The Morgan fingerprint density at radius 3 is 2.71 bits per heavy atom. The molecule has 110 valence electrons. The minimum atomic E-state index is -0.575. The Bertz CT molecular complexity index is 624. The van der Waals surface area contributed by atoms with Gasteiger partial charge in [-0.2, -0.15) is 4.68 Å². The van der Waals surface area contributed by atoms with Crippen LogP contribution in [0.1, 0.15) is 12.5 Å². The van der Waals surface area contributed by atoms with Crippen LogP contribution < -0.4 is 0 Å². The fraction of sp³-hybridized carbons (Fsp3) is 0.286. The summed E-state index contributed by atoms with van der Waals surface area (Å²) in [5.41, 5.74) is 0.910. The van der Waals surface area contributed by atoms with Gasteiger partial charge < -0.3 is 14.9 Å². The van der Waals surface area contributed by atoms with Gasteiger partial charge in [-0.3, -0.25) is 4.79 Å². The summed E-state index contributed by atoms with van der Waals surface area (Å²) < 4.78 is 6.57. The molecule has 1 aromatic carbocycles. The standard InChI is InChI=1S/C14H15N3O4/c1-11(9-16-8-7-13(15-16)17(19)20)14(18)21-10-12-5-3-2-4-6-12/h2-8,11H,9-10H2,1H3. The van der Waals surface area contributed by atoms with Crippen molar-refractivity contribution in [2.45, 2.75) is 20.1 Å². The van der Waals surface area contributed by atoms with Crippen LogP contribution in [-0.2, 0) is 22.7 Å². The summed E-state index contributed by atoms with van der Waals surface area (Å²) in [4.78, 5) is 21.8. The molecule has 1 heterocycles. The average molecular weight is 289 g/mol. The Hall–Kier alpha value is -2.70. The molecule has 0 fully saturated rings. The van der Waals surface area contributed by atoms with Crippen LogP contribution in [0.15, 0.2) is 42.6 Å². The van der Waals surface area contributed by atoms with Crippen molar-refractivity contribution in [3.8, 4) is 0 Å². The average Bonchev–Trinajstić information content (AvgIpc) is 2.94. The van der Waals surface area contributed by atoms with E-state index in [2.05, 4.69) is 5.10 Å². The number of hydrogen-bond acceptors (Lipinski definition) is 5. The van der Waals surface area contributed by atoms with Crippen LogP contribution in [0, 0.1) is 16.0 Å². The molecule has 0 spiro atoms. The monoisotopic (exact) mass is 289 g/mol. The highest BCUT2D eigenvalue weighted by Gasteiger charge is 2.19. The van der Waals surface area contributed by atoms with Gasteiger partial charge in [0.15, 0.2) is 0 Å². The van der Waals surface area contributed by atoms with Gasteiger partial charge in [0, 0.05) is 0 Å². The fourth-order valence-electron chi connectivity index (χ4n) is 1.78. The topological polar surface area (TPSA) is 87.3 Å². The van der Waals surface area contributed by atoms with Crippen LogP contribution >= 0.6 is 0 Å². The lowest BCUT2D eigenvalue weighted by atomic mass is 10.2. The second-order valence-corrected chi connectivity index (χ2v) is 4.65. The van der Waals surface area contributed by atoms with Crippen molar-refractivity contribution in [1.29, 1.82) is 0 Å². The summed E-state index contributed by atoms with van der Waals surface area (Å²) in [5, 5.41) is 14.3. The maximum Gasteiger partial charge on any atom is 0.389 e. The highest BCUT2D eigenvalue weighted by Crippen LogP contribution is 2.10. The number of carbonyl (C=O) groups excluding carboxylic acids is 1. The summed E-state index contributed by atoms with van der Waals surface area (Å²) in [6.07, 6.45) is 1.47. The van der Waals surface area contributed by atoms with E-state index in [4.69, 9.17) is 4.74 Å². The first kappa shape index (κ1) is 14.7. The van der Waals surface area contributed by atoms with E-state index in [0.29, 0.717) is 0 Å². The molecule has 2 rings (SSSR count). The highest BCUT2D eigenvalue weighted by atomic mass is 16.6. The smallest absolute Gasteiger partial charge is 0.389 e. The van der Waals surface area contributed by atoms with E-state index in [0.717, 1.165) is 5.56 Å². The molecule has 7 nitrogen and oxygen atoms in total. The van der Waals surface area contributed by atoms with E-state index in [1.54, 1.807) is 6.92 Å². The first-order valence-electron chi connectivity index (χ1n) is 6.44. The molecule has 1 atom stereocenters. The van der Waals surface area contributed by atoms with E-state index >= 15 is 0 Å². The first-order chi connectivity index (χ1) is 10.1. The van der Waals surface area contributed by atoms with Gasteiger partial charge in [-0.1, -0.05) is 37.3 Å². The summed E-state index contributed by atoms with van der Waals surface area (Å²) in [5.74, 6) is -1.04. The largest absolute Gasteiger partial charge is 0.461 e. The van der Waals surface area contributed by atoms with Gasteiger partial charge >= 0.3 is 11.8 Å². The van der Waals surface area contributed by atoms with Crippen LogP contribution in [0.5, 0.6) is 0 Å². The highest BCUT2D eigenvalue weighted by molar-refractivity contribution is 5.71. The third-order valence-electron chi connectivity index (χ3n) is 2.90. The van der Waals surface area contributed by atoms with E-state index in [1.807, 2.05) is 30.3 Å². The Morgan fingerprint density at radius 2 is 2.10 bits per heavy atom. The van der Waals surface area contributed by atoms with Crippen molar-refractivity contribution >= 4 is 11.8 Å². The number of hydrogen-bond donors (Lipinski definition) is 0. The van der Waals surface area contributed by atoms with Crippen LogP contribution in [0.25, 0.3) is 0 Å². The molecule has 1 unspecified atom stereocenters. The van der Waals surface area contributed by atoms with Gasteiger partial charge in [0.2, 0.25) is 0 Å². The molecule has 0 N–H and O–H groups in total. The normalized spacial score (nSPS) is 11.9. The van der Waals surface area contributed by atoms with Gasteiger partial charge in [-0.15, -0.1) is 0 Å². The summed E-state index contributed by atoms with van der Waals surface area (Å²) >= 11 is 0. The molecule has 2 aromatic rings. The second-order valence-electron chi connectivity index (χ2n) is 4.65. The number of nitro groups is 1. The van der Waals surface area contributed by atoms with Crippen molar-refractivity contribution in [3.63, 3.8) is 0 Å². The number of aromatic nitrogens is 2. The van der Waals surface area contributed by atoms with Gasteiger partial charge in [-0.25, -0.2) is 0 Å². The molecule has 0 radical (unpaired) electrons. The minimum absolute atomic E-state index is 0.212. The number of nitrogens with zero attached hydrogens (tertiary/aromatic N) is 3. The molecule has 0 aliphatic heterocycles. The lowest BCUT2D eigenvalue weighted by Crippen LogP contribution is -2.20. The fourth-order valence-corrected chi connectivity index (χ4v) is 1.78. The number of benzene rings is 1. The molecule has 0 bridgehead atoms. The van der Waals surface area contributed by atoms with Crippen LogP contribution in [0.3, 0.4) is 0 Å². The zero-order valence-electron chi connectivity index (χ0n) is 11.5. The Kier molecular flexibility index (Phi) is 4.65. The molecule has 0 saturated carbocycles. The van der Waals surface area contributed by atoms with Crippen molar-refractivity contribution in [2.24, 2.45) is 5.92 Å². The third-order valence-corrected chi connectivity index (χ3v) is 2.90. The molecular formula is C14H15N3O4. The summed E-state index contributed by atoms with van der Waals surface area (Å²) in [6.45, 7) is 2.14. The second kappa shape index (κ2) is 6.65. The molecule has 7 heteroatoms. The summed E-state index contributed by atoms with van der Waals surface area (Å²) in [6, 6.07) is 10.7. The van der Waals surface area contributed by atoms with E-state index in [1.165, 1.54) is 16.9 Å². The maximum atomic E-state index is 11.9. The number of ether oxygens (including phenoxy) is 1. The van der Waals surface area contributed by atoms with E-state index in [-0.39, 0.29) is 24.9 Å². The SMILES string of the molecule is CC(Cn1ccc([N+](=O)[O-])n1)C(=O)OCc1ccccc1. The molecule has 21 heavy (non-hydrogen) atoms. The van der Waals surface area contributed by atoms with E-state index in [9.17, 15) is 14.9 Å². The van der Waals surface area contributed by atoms with E-state index < -0.39 is 10.8 Å². The molecule has 0 amide bonds. The zero-order chi connectivity index (χ0) is 15.2. The molecule has 1 aromatic heterocycles. The Labute approximate surface area is 121 Å². The molecule has 0 aliphatic carbocycles. The molecule has 0 saturated heterocycles. The molecule has 0 aliphatic rings. The third kappa shape index (κ3) is 4.13. The molecular weight excluding hydrogens is 274 g/mol. The number of esters is 1. The number of rotatable bonds is 6. The van der Waals surface area contributed by atoms with Gasteiger partial charge in [0.05, 0.1) is 29.8 Å². The zero-order valence-corrected chi connectivity index (χ0v) is 11.5. The van der Waals surface area contributed by atoms with Crippen LogP contribution in [0.2, 0.25) is 0 Å². The first-order valence-corrected chi connectivity index (χ1v) is 6.44. The summed E-state index contributed by atoms with van der Waals surface area (Å²) in [7, 11) is 0. The lowest BCUT2D eigenvalue weighted by Gasteiger charge is -2.10. The van der Waals surface area contributed by atoms with Crippen molar-refractivity contribution in [2.75, 3.05) is 0 Å². The van der Waals surface area contributed by atoms with Crippen LogP contribution in [0.4, 0.5) is 5.82 Å². The van der Waals surface area contributed by atoms with Gasteiger partial charge in [-0.05, 0) is 10.5 Å². The Balaban J connectivity index is 1.85. The quantitative estimate of drug-likeness (QED) is 0.462. The Morgan fingerprint density at radius 1 is 1.38 bits per heavy atom.